The van der Waals surface area contributed by atoms with Gasteiger partial charge in [0.05, 0.1) is 12.2 Å². The lowest BCUT2D eigenvalue weighted by atomic mass is 10.0. The van der Waals surface area contributed by atoms with Crippen molar-refractivity contribution in [3.63, 3.8) is 0 Å². The quantitative estimate of drug-likeness (QED) is 0.886. The molecule has 0 aliphatic carbocycles. The second kappa shape index (κ2) is 5.13. The zero-order chi connectivity index (χ0) is 11.5. The van der Waals surface area contributed by atoms with Crippen molar-refractivity contribution in [3.05, 3.63) is 34.6 Å². The molecule has 0 bridgehead atoms. The fraction of sp³-hybridized carbons (Fsp3) is 0.500. The molecule has 2 nitrogen and oxygen atoms in total. The third-order valence-electron chi connectivity index (χ3n) is 2.83. The molecule has 1 fully saturated rings. The van der Waals surface area contributed by atoms with Crippen LogP contribution in [0.5, 0.6) is 0 Å². The summed E-state index contributed by atoms with van der Waals surface area (Å²) in [7, 11) is 0. The van der Waals surface area contributed by atoms with Crippen LogP contribution in [0.4, 0.5) is 4.39 Å². The fourth-order valence-corrected chi connectivity index (χ4v) is 2.22. The molecule has 1 aromatic carbocycles. The second-order valence-corrected chi connectivity index (χ2v) is 4.46. The van der Waals surface area contributed by atoms with E-state index in [0.29, 0.717) is 17.0 Å². The summed E-state index contributed by atoms with van der Waals surface area (Å²) in [5.74, 6) is -0.384. The summed E-state index contributed by atoms with van der Waals surface area (Å²) in [5, 5.41) is 10.4. The van der Waals surface area contributed by atoms with E-state index in [9.17, 15) is 9.50 Å². The standard InChI is InChI=1S/C12H14ClFO2/c13-11-4-3-8(14)6-10(11)12(15)7-9-2-1-5-16-9/h3-4,6,9,12,15H,1-2,5,7H2. The highest BCUT2D eigenvalue weighted by Gasteiger charge is 2.22. The Morgan fingerprint density at radius 1 is 1.56 bits per heavy atom. The molecule has 0 spiro atoms. The van der Waals surface area contributed by atoms with Crippen molar-refractivity contribution in [1.82, 2.24) is 0 Å². The maximum absolute atomic E-state index is 13.0. The fourth-order valence-electron chi connectivity index (χ4n) is 1.98. The number of ether oxygens (including phenoxy) is 1. The summed E-state index contributed by atoms with van der Waals surface area (Å²) < 4.78 is 18.4. The Morgan fingerprint density at radius 3 is 3.06 bits per heavy atom. The Hall–Kier alpha value is -0.640. The number of hydrogen-bond donors (Lipinski definition) is 1. The van der Waals surface area contributed by atoms with E-state index in [4.69, 9.17) is 16.3 Å². The summed E-state index contributed by atoms with van der Waals surface area (Å²) in [6.07, 6.45) is 1.75. The molecule has 16 heavy (non-hydrogen) atoms. The van der Waals surface area contributed by atoms with E-state index in [1.54, 1.807) is 0 Å². The first kappa shape index (κ1) is 11.8. The monoisotopic (exact) mass is 244 g/mol. The van der Waals surface area contributed by atoms with Gasteiger partial charge in [-0.1, -0.05) is 11.6 Å². The van der Waals surface area contributed by atoms with E-state index in [1.165, 1.54) is 18.2 Å². The molecule has 2 unspecified atom stereocenters. The van der Waals surface area contributed by atoms with Gasteiger partial charge < -0.3 is 9.84 Å². The van der Waals surface area contributed by atoms with Crippen molar-refractivity contribution in [1.29, 1.82) is 0 Å². The number of hydrogen-bond acceptors (Lipinski definition) is 2. The molecule has 1 saturated heterocycles. The first-order valence-electron chi connectivity index (χ1n) is 5.41. The van der Waals surface area contributed by atoms with Gasteiger partial charge in [-0.2, -0.15) is 0 Å². The first-order chi connectivity index (χ1) is 7.66. The zero-order valence-corrected chi connectivity index (χ0v) is 9.58. The van der Waals surface area contributed by atoms with Gasteiger partial charge >= 0.3 is 0 Å². The Kier molecular flexibility index (Phi) is 3.79. The van der Waals surface area contributed by atoms with Gasteiger partial charge in [0.15, 0.2) is 0 Å². The topological polar surface area (TPSA) is 29.5 Å². The summed E-state index contributed by atoms with van der Waals surface area (Å²) in [6.45, 7) is 0.744. The van der Waals surface area contributed by atoms with Crippen LogP contribution >= 0.6 is 11.6 Å². The number of aliphatic hydroxyl groups excluding tert-OH is 1. The molecule has 0 radical (unpaired) electrons. The van der Waals surface area contributed by atoms with Crippen molar-refractivity contribution in [2.24, 2.45) is 0 Å². The Morgan fingerprint density at radius 2 is 2.38 bits per heavy atom. The third kappa shape index (κ3) is 2.73. The predicted molar refractivity (Wildman–Crippen MR) is 60.0 cm³/mol. The maximum atomic E-state index is 13.0. The molecule has 2 atom stereocenters. The second-order valence-electron chi connectivity index (χ2n) is 4.05. The highest BCUT2D eigenvalue weighted by atomic mass is 35.5. The molecule has 0 saturated carbocycles. The van der Waals surface area contributed by atoms with Gasteiger partial charge in [0, 0.05) is 23.6 Å². The Bertz CT molecular complexity index is 364. The average Bonchev–Trinajstić information content (AvgIpc) is 2.74. The van der Waals surface area contributed by atoms with Gasteiger partial charge in [-0.3, -0.25) is 0 Å². The minimum Gasteiger partial charge on any atom is -0.388 e. The molecule has 1 aliphatic heterocycles. The molecule has 88 valence electrons. The lowest BCUT2D eigenvalue weighted by molar-refractivity contribution is 0.0534. The normalized spacial score (nSPS) is 22.3. The lowest BCUT2D eigenvalue weighted by Gasteiger charge is -2.16. The number of aliphatic hydroxyl groups is 1. The lowest BCUT2D eigenvalue weighted by Crippen LogP contribution is -2.11. The number of rotatable bonds is 3. The van der Waals surface area contributed by atoms with Crippen LogP contribution in [0, 0.1) is 5.82 Å². The summed E-state index contributed by atoms with van der Waals surface area (Å²) in [6, 6.07) is 4.03. The van der Waals surface area contributed by atoms with Crippen LogP contribution in [0.15, 0.2) is 18.2 Å². The maximum Gasteiger partial charge on any atom is 0.123 e. The Labute approximate surface area is 99.0 Å². The summed E-state index contributed by atoms with van der Waals surface area (Å²) in [5.41, 5.74) is 0.442. The minimum atomic E-state index is -0.758. The largest absolute Gasteiger partial charge is 0.388 e. The zero-order valence-electron chi connectivity index (χ0n) is 8.83. The van der Waals surface area contributed by atoms with Crippen molar-refractivity contribution >= 4 is 11.6 Å². The van der Waals surface area contributed by atoms with Crippen molar-refractivity contribution in [2.75, 3.05) is 6.61 Å². The first-order valence-corrected chi connectivity index (χ1v) is 5.79. The molecule has 1 aromatic rings. The minimum absolute atomic E-state index is 0.0642. The summed E-state index contributed by atoms with van der Waals surface area (Å²) in [4.78, 5) is 0. The predicted octanol–water partition coefficient (Wildman–Crippen LogP) is 3.08. The van der Waals surface area contributed by atoms with Gasteiger partial charge in [0.1, 0.15) is 5.82 Å². The van der Waals surface area contributed by atoms with E-state index in [2.05, 4.69) is 0 Å². The van der Waals surface area contributed by atoms with Crippen LogP contribution in [-0.2, 0) is 4.74 Å². The van der Waals surface area contributed by atoms with Gasteiger partial charge in [-0.25, -0.2) is 4.39 Å². The smallest absolute Gasteiger partial charge is 0.123 e. The molecule has 0 amide bonds. The highest BCUT2D eigenvalue weighted by Crippen LogP contribution is 2.29. The molecular formula is C12H14ClFO2. The van der Waals surface area contributed by atoms with Crippen LogP contribution in [0.3, 0.4) is 0 Å². The number of halogens is 2. The summed E-state index contributed by atoms with van der Waals surface area (Å²) >= 11 is 5.91. The van der Waals surface area contributed by atoms with Crippen molar-refractivity contribution in [2.45, 2.75) is 31.5 Å². The highest BCUT2D eigenvalue weighted by molar-refractivity contribution is 6.31. The molecule has 1 N–H and O–H groups in total. The van der Waals surface area contributed by atoms with E-state index in [0.717, 1.165) is 19.4 Å². The van der Waals surface area contributed by atoms with Crippen molar-refractivity contribution in [3.8, 4) is 0 Å². The SMILES string of the molecule is OC(CC1CCCO1)c1cc(F)ccc1Cl. The van der Waals surface area contributed by atoms with Crippen LogP contribution in [0.1, 0.15) is 30.9 Å². The van der Waals surface area contributed by atoms with E-state index < -0.39 is 6.10 Å². The van der Waals surface area contributed by atoms with E-state index >= 15 is 0 Å². The molecular weight excluding hydrogens is 231 g/mol. The molecule has 1 heterocycles. The number of benzene rings is 1. The van der Waals surface area contributed by atoms with Crippen LogP contribution in [0.2, 0.25) is 5.02 Å². The van der Waals surface area contributed by atoms with Gasteiger partial charge in [0.2, 0.25) is 0 Å². The van der Waals surface area contributed by atoms with Crippen LogP contribution < -0.4 is 0 Å². The molecule has 1 aliphatic rings. The van der Waals surface area contributed by atoms with Crippen LogP contribution in [0.25, 0.3) is 0 Å². The Balaban J connectivity index is 2.07. The van der Waals surface area contributed by atoms with E-state index in [1.807, 2.05) is 0 Å². The third-order valence-corrected chi connectivity index (χ3v) is 3.17. The van der Waals surface area contributed by atoms with Gasteiger partial charge in [-0.15, -0.1) is 0 Å². The van der Waals surface area contributed by atoms with Crippen molar-refractivity contribution < 1.29 is 14.2 Å². The molecule has 2 rings (SSSR count). The van der Waals surface area contributed by atoms with E-state index in [-0.39, 0.29) is 11.9 Å². The van der Waals surface area contributed by atoms with Crippen LogP contribution in [-0.4, -0.2) is 17.8 Å². The molecule has 0 aromatic heterocycles. The van der Waals surface area contributed by atoms with Gasteiger partial charge in [0.25, 0.3) is 0 Å². The molecule has 4 heteroatoms. The van der Waals surface area contributed by atoms with Gasteiger partial charge in [-0.05, 0) is 31.0 Å². The average molecular weight is 245 g/mol.